The number of nitrogens with zero attached hydrogens (tertiary/aromatic N) is 3. The fourth-order valence-corrected chi connectivity index (χ4v) is 5.63. The van der Waals surface area contributed by atoms with Crippen LogP contribution in [-0.4, -0.2) is 51.0 Å². The van der Waals surface area contributed by atoms with Gasteiger partial charge in [0.1, 0.15) is 0 Å². The van der Waals surface area contributed by atoms with Gasteiger partial charge in [0.05, 0.1) is 16.8 Å². The van der Waals surface area contributed by atoms with Crippen LogP contribution in [0, 0.1) is 0 Å². The van der Waals surface area contributed by atoms with E-state index in [1.54, 1.807) is 24.4 Å². The zero-order valence-corrected chi connectivity index (χ0v) is 22.5. The molecule has 0 spiro atoms. The number of carbonyl (C=O) groups is 2. The Kier molecular flexibility index (Phi) is 9.18. The standard InChI is InChI=1S/C27H27ClN4O3.2ClH/c28-20-6-2-5-19(14-20)27(16-29)10-7-21(8-11-27)32-12-9-23-22(25(32)33)15-30-24(31-23)17-3-1-4-18(13-17)26(34)35;;/h1-6,13-15,21H,7-12,16,29H2,(H,34,35);2*1H. The average Bonchev–Trinajstić information content (AvgIpc) is 2.89. The summed E-state index contributed by atoms with van der Waals surface area (Å²) in [5.74, 6) is -0.609. The van der Waals surface area contributed by atoms with Crippen molar-refractivity contribution in [2.24, 2.45) is 5.73 Å². The van der Waals surface area contributed by atoms with E-state index >= 15 is 0 Å². The maximum atomic E-state index is 13.4. The molecular formula is C27H29Cl3N4O3. The quantitative estimate of drug-likeness (QED) is 0.443. The lowest BCUT2D eigenvalue weighted by molar-refractivity contribution is 0.0571. The SMILES string of the molecule is Cl.Cl.NCC1(c2cccc(Cl)c2)CCC(N2CCc3nc(-c4cccc(C(=O)O)c4)ncc3C2=O)CC1. The van der Waals surface area contributed by atoms with Crippen LogP contribution in [0.15, 0.2) is 54.7 Å². The highest BCUT2D eigenvalue weighted by Crippen LogP contribution is 2.41. The van der Waals surface area contributed by atoms with E-state index in [1.165, 1.54) is 11.6 Å². The minimum absolute atomic E-state index is 0. The summed E-state index contributed by atoms with van der Waals surface area (Å²) < 4.78 is 0. The molecule has 2 aromatic carbocycles. The van der Waals surface area contributed by atoms with Crippen molar-refractivity contribution < 1.29 is 14.7 Å². The predicted octanol–water partition coefficient (Wildman–Crippen LogP) is 5.18. The fourth-order valence-electron chi connectivity index (χ4n) is 5.44. The Morgan fingerprint density at radius 2 is 1.86 bits per heavy atom. The molecule has 3 aromatic rings. The van der Waals surface area contributed by atoms with Crippen molar-refractivity contribution in [3.63, 3.8) is 0 Å². The Balaban J connectivity index is 0.00000190. The summed E-state index contributed by atoms with van der Waals surface area (Å²) in [6.45, 7) is 1.16. The molecule has 1 aliphatic carbocycles. The number of nitrogens with two attached hydrogens (primary N) is 1. The molecular weight excluding hydrogens is 535 g/mol. The molecule has 1 fully saturated rings. The molecule has 2 heterocycles. The smallest absolute Gasteiger partial charge is 0.335 e. The summed E-state index contributed by atoms with van der Waals surface area (Å²) in [5, 5.41) is 9.97. The van der Waals surface area contributed by atoms with Crippen molar-refractivity contribution in [3.05, 3.63) is 82.1 Å². The van der Waals surface area contributed by atoms with Gasteiger partial charge >= 0.3 is 5.97 Å². The third-order valence-electron chi connectivity index (χ3n) is 7.50. The topological polar surface area (TPSA) is 109 Å². The first-order valence-electron chi connectivity index (χ1n) is 11.9. The van der Waals surface area contributed by atoms with Crippen molar-refractivity contribution in [3.8, 4) is 11.4 Å². The number of aromatic carboxylic acids is 1. The number of hydrogen-bond acceptors (Lipinski definition) is 5. The van der Waals surface area contributed by atoms with Gasteiger partial charge in [-0.3, -0.25) is 4.79 Å². The Labute approximate surface area is 233 Å². The second kappa shape index (κ2) is 11.8. The molecule has 0 bridgehead atoms. The Morgan fingerprint density at radius 3 is 2.54 bits per heavy atom. The number of carboxylic acids is 1. The number of carboxylic acid groups (broad SMARTS) is 1. The largest absolute Gasteiger partial charge is 0.478 e. The molecule has 0 saturated heterocycles. The normalized spacial score (nSPS) is 20.9. The highest BCUT2D eigenvalue weighted by molar-refractivity contribution is 6.30. The van der Waals surface area contributed by atoms with Crippen molar-refractivity contribution in [2.45, 2.75) is 43.6 Å². The molecule has 37 heavy (non-hydrogen) atoms. The molecule has 10 heteroatoms. The van der Waals surface area contributed by atoms with Crippen molar-refractivity contribution in [1.29, 1.82) is 0 Å². The monoisotopic (exact) mass is 562 g/mol. The van der Waals surface area contributed by atoms with E-state index in [0.717, 1.165) is 25.7 Å². The second-order valence-electron chi connectivity index (χ2n) is 9.41. The Morgan fingerprint density at radius 1 is 1.14 bits per heavy atom. The summed E-state index contributed by atoms with van der Waals surface area (Å²) in [7, 11) is 0. The van der Waals surface area contributed by atoms with Gasteiger partial charge in [-0.1, -0.05) is 35.9 Å². The van der Waals surface area contributed by atoms with Crippen LogP contribution in [0.4, 0.5) is 0 Å². The van der Waals surface area contributed by atoms with E-state index in [0.29, 0.717) is 47.2 Å². The number of amides is 1. The number of hydrogen-bond donors (Lipinski definition) is 2. The van der Waals surface area contributed by atoms with E-state index in [1.807, 2.05) is 23.1 Å². The van der Waals surface area contributed by atoms with E-state index < -0.39 is 5.97 Å². The third-order valence-corrected chi connectivity index (χ3v) is 7.73. The van der Waals surface area contributed by atoms with Gasteiger partial charge in [0.2, 0.25) is 0 Å². The number of aromatic nitrogens is 2. The minimum Gasteiger partial charge on any atom is -0.478 e. The molecule has 1 saturated carbocycles. The summed E-state index contributed by atoms with van der Waals surface area (Å²) in [6, 6.07) is 14.6. The molecule has 5 rings (SSSR count). The maximum Gasteiger partial charge on any atom is 0.335 e. The molecule has 0 unspecified atom stereocenters. The van der Waals surface area contributed by atoms with Crippen LogP contribution in [0.1, 0.15) is 57.7 Å². The summed E-state index contributed by atoms with van der Waals surface area (Å²) in [4.78, 5) is 35.7. The van der Waals surface area contributed by atoms with Crippen LogP contribution in [0.5, 0.6) is 0 Å². The van der Waals surface area contributed by atoms with Gasteiger partial charge in [0.15, 0.2) is 5.82 Å². The minimum atomic E-state index is -1.00. The number of benzene rings is 2. The first kappa shape index (κ1) is 28.9. The van der Waals surface area contributed by atoms with Crippen LogP contribution in [0.3, 0.4) is 0 Å². The van der Waals surface area contributed by atoms with Crippen LogP contribution in [0.25, 0.3) is 11.4 Å². The molecule has 1 aliphatic heterocycles. The molecule has 7 nitrogen and oxygen atoms in total. The van der Waals surface area contributed by atoms with Gasteiger partial charge in [-0.2, -0.15) is 0 Å². The number of carbonyl (C=O) groups excluding carboxylic acids is 1. The molecule has 0 atom stereocenters. The van der Waals surface area contributed by atoms with Crippen LogP contribution < -0.4 is 5.73 Å². The summed E-state index contributed by atoms with van der Waals surface area (Å²) in [5.41, 5.74) is 9.35. The lowest BCUT2D eigenvalue weighted by Gasteiger charge is -2.44. The molecule has 3 N–H and O–H groups in total. The van der Waals surface area contributed by atoms with Crippen molar-refractivity contribution >= 4 is 48.3 Å². The second-order valence-corrected chi connectivity index (χ2v) is 9.85. The van der Waals surface area contributed by atoms with E-state index in [2.05, 4.69) is 16.0 Å². The van der Waals surface area contributed by atoms with Crippen LogP contribution >= 0.6 is 36.4 Å². The van der Waals surface area contributed by atoms with Crippen LogP contribution in [0.2, 0.25) is 5.02 Å². The Hall–Kier alpha value is -2.71. The maximum absolute atomic E-state index is 13.4. The lowest BCUT2D eigenvalue weighted by Crippen LogP contribution is -2.49. The average molecular weight is 564 g/mol. The van der Waals surface area contributed by atoms with Gasteiger partial charge in [0, 0.05) is 47.8 Å². The zero-order chi connectivity index (χ0) is 24.6. The van der Waals surface area contributed by atoms with Gasteiger partial charge in [0.25, 0.3) is 5.91 Å². The van der Waals surface area contributed by atoms with Gasteiger partial charge in [-0.25, -0.2) is 14.8 Å². The highest BCUT2D eigenvalue weighted by Gasteiger charge is 2.40. The van der Waals surface area contributed by atoms with Crippen LogP contribution in [-0.2, 0) is 11.8 Å². The third kappa shape index (κ3) is 5.60. The Bertz CT molecular complexity index is 1300. The van der Waals surface area contributed by atoms with Gasteiger partial charge in [-0.05, 0) is 55.5 Å². The van der Waals surface area contributed by atoms with E-state index in [-0.39, 0.29) is 47.7 Å². The number of halogens is 3. The van der Waals surface area contributed by atoms with E-state index in [4.69, 9.17) is 17.3 Å². The number of rotatable bonds is 5. The predicted molar refractivity (Wildman–Crippen MR) is 148 cm³/mol. The molecule has 2 aliphatic rings. The lowest BCUT2D eigenvalue weighted by atomic mass is 9.68. The molecule has 0 radical (unpaired) electrons. The number of fused-ring (bicyclic) bond motifs is 1. The first-order valence-corrected chi connectivity index (χ1v) is 12.2. The fraction of sp³-hybridized carbons (Fsp3) is 0.333. The zero-order valence-electron chi connectivity index (χ0n) is 20.1. The highest BCUT2D eigenvalue weighted by atomic mass is 35.5. The van der Waals surface area contributed by atoms with E-state index in [9.17, 15) is 14.7 Å². The van der Waals surface area contributed by atoms with Crippen molar-refractivity contribution in [2.75, 3.05) is 13.1 Å². The van der Waals surface area contributed by atoms with Gasteiger partial charge in [-0.15, -0.1) is 24.8 Å². The summed E-state index contributed by atoms with van der Waals surface area (Å²) >= 11 is 6.24. The summed E-state index contributed by atoms with van der Waals surface area (Å²) in [6.07, 6.45) is 5.79. The molecule has 196 valence electrons. The molecule has 1 amide bonds. The van der Waals surface area contributed by atoms with Crippen molar-refractivity contribution in [1.82, 2.24) is 14.9 Å². The van der Waals surface area contributed by atoms with Gasteiger partial charge < -0.3 is 15.7 Å². The molecule has 1 aromatic heterocycles. The first-order chi connectivity index (χ1) is 16.9.